The molecular weight excluding hydrogens is 424 g/mol. The van der Waals surface area contributed by atoms with Gasteiger partial charge in [-0.15, -0.1) is 0 Å². The number of aryl methyl sites for hydroxylation is 2. The third-order valence-corrected chi connectivity index (χ3v) is 5.76. The maximum atomic E-state index is 6.08. The van der Waals surface area contributed by atoms with E-state index in [1.807, 2.05) is 67.6 Å². The van der Waals surface area contributed by atoms with Crippen LogP contribution in [-0.4, -0.2) is 23.3 Å². The number of hydrogen-bond acceptors (Lipinski definition) is 4. The molecule has 0 bridgehead atoms. The molecule has 4 rings (SSSR count). The van der Waals surface area contributed by atoms with E-state index < -0.39 is 0 Å². The molecule has 3 aromatic carbocycles. The first-order valence-corrected chi connectivity index (χ1v) is 11.1. The van der Waals surface area contributed by atoms with Crippen LogP contribution in [-0.2, 0) is 13.2 Å². The van der Waals surface area contributed by atoms with E-state index in [2.05, 4.69) is 10.6 Å². The van der Waals surface area contributed by atoms with Crippen LogP contribution in [0.4, 0.5) is 0 Å². The molecule has 32 heavy (non-hydrogen) atoms. The Morgan fingerprint density at radius 3 is 2.50 bits per heavy atom. The molecule has 0 amide bonds. The largest absolute Gasteiger partial charge is 0.494 e. The summed E-state index contributed by atoms with van der Waals surface area (Å²) in [5.41, 5.74) is 3.10. The van der Waals surface area contributed by atoms with Crippen LogP contribution < -0.4 is 14.2 Å². The van der Waals surface area contributed by atoms with Crippen LogP contribution in [0.3, 0.4) is 0 Å². The molecule has 0 N–H and O–H groups in total. The molecule has 5 nitrogen and oxygen atoms in total. The van der Waals surface area contributed by atoms with Gasteiger partial charge in [-0.2, -0.15) is 0 Å². The smallest absolute Gasteiger partial charge is 0.161 e. The van der Waals surface area contributed by atoms with Gasteiger partial charge in [-0.05, 0) is 67.8 Å². The van der Waals surface area contributed by atoms with Crippen LogP contribution in [0.15, 0.2) is 66.7 Å². The molecular formula is C26H27ClN2O3. The molecule has 0 fully saturated rings. The molecule has 0 unspecified atom stereocenters. The van der Waals surface area contributed by atoms with Crippen molar-refractivity contribution in [2.75, 3.05) is 13.7 Å². The van der Waals surface area contributed by atoms with Crippen LogP contribution in [0.25, 0.3) is 11.0 Å². The summed E-state index contributed by atoms with van der Waals surface area (Å²) < 4.78 is 19.6. The van der Waals surface area contributed by atoms with Crippen molar-refractivity contribution in [3.8, 4) is 17.2 Å². The second-order valence-corrected chi connectivity index (χ2v) is 7.98. The van der Waals surface area contributed by atoms with Gasteiger partial charge in [-0.1, -0.05) is 35.9 Å². The predicted octanol–water partition coefficient (Wildman–Crippen LogP) is 6.44. The van der Waals surface area contributed by atoms with Gasteiger partial charge in [0.05, 0.1) is 24.8 Å². The monoisotopic (exact) mass is 450 g/mol. The summed E-state index contributed by atoms with van der Waals surface area (Å²) in [5, 5.41) is 0.757. The van der Waals surface area contributed by atoms with E-state index in [0.717, 1.165) is 52.6 Å². The van der Waals surface area contributed by atoms with Crippen LogP contribution in [0, 0.1) is 6.92 Å². The van der Waals surface area contributed by atoms with Crippen molar-refractivity contribution < 1.29 is 14.2 Å². The number of methoxy groups -OCH3 is 1. The summed E-state index contributed by atoms with van der Waals surface area (Å²) in [4.78, 5) is 4.80. The van der Waals surface area contributed by atoms with Gasteiger partial charge >= 0.3 is 0 Å². The van der Waals surface area contributed by atoms with E-state index in [9.17, 15) is 0 Å². The topological polar surface area (TPSA) is 45.5 Å². The minimum absolute atomic E-state index is 0.371. The lowest BCUT2D eigenvalue weighted by Gasteiger charge is -2.13. The van der Waals surface area contributed by atoms with Crippen LogP contribution in [0.5, 0.6) is 17.2 Å². The number of imidazole rings is 1. The van der Waals surface area contributed by atoms with Gasteiger partial charge < -0.3 is 18.8 Å². The van der Waals surface area contributed by atoms with Crippen LogP contribution in [0.2, 0.25) is 5.02 Å². The van der Waals surface area contributed by atoms with E-state index in [-0.39, 0.29) is 0 Å². The van der Waals surface area contributed by atoms with Gasteiger partial charge in [-0.3, -0.25) is 0 Å². The molecule has 0 aliphatic carbocycles. The molecule has 6 heteroatoms. The van der Waals surface area contributed by atoms with E-state index in [4.69, 9.17) is 30.8 Å². The normalized spacial score (nSPS) is 11.0. The highest BCUT2D eigenvalue weighted by molar-refractivity contribution is 6.31. The lowest BCUT2D eigenvalue weighted by molar-refractivity contribution is 0.270. The fraction of sp³-hybridized carbons (Fsp3) is 0.269. The average molecular weight is 451 g/mol. The third kappa shape index (κ3) is 5.17. The number of nitrogens with zero attached hydrogens (tertiary/aromatic N) is 2. The molecule has 1 heterocycles. The lowest BCUT2D eigenvalue weighted by atomic mass is 10.2. The molecule has 0 saturated carbocycles. The molecule has 0 aliphatic rings. The Kier molecular flexibility index (Phi) is 7.17. The number of aromatic nitrogens is 2. The molecule has 0 radical (unpaired) electrons. The van der Waals surface area contributed by atoms with Crippen molar-refractivity contribution in [1.29, 1.82) is 0 Å². The van der Waals surface area contributed by atoms with Gasteiger partial charge in [0.15, 0.2) is 11.5 Å². The van der Waals surface area contributed by atoms with Gasteiger partial charge in [0, 0.05) is 11.6 Å². The molecule has 0 saturated heterocycles. The number of rotatable bonds is 10. The molecule has 0 aliphatic heterocycles. The quantitative estimate of drug-likeness (QED) is 0.260. The maximum Gasteiger partial charge on any atom is 0.161 e. The van der Waals surface area contributed by atoms with E-state index in [1.54, 1.807) is 7.11 Å². The van der Waals surface area contributed by atoms with Gasteiger partial charge in [-0.25, -0.2) is 4.98 Å². The molecule has 0 spiro atoms. The van der Waals surface area contributed by atoms with E-state index >= 15 is 0 Å². The molecule has 166 valence electrons. The zero-order chi connectivity index (χ0) is 22.3. The highest BCUT2D eigenvalue weighted by atomic mass is 35.5. The van der Waals surface area contributed by atoms with Crippen molar-refractivity contribution in [2.45, 2.75) is 32.9 Å². The summed E-state index contributed by atoms with van der Waals surface area (Å²) in [6, 6.07) is 21.6. The van der Waals surface area contributed by atoms with E-state index in [1.165, 1.54) is 0 Å². The Bertz CT molecular complexity index is 1190. The van der Waals surface area contributed by atoms with Crippen LogP contribution >= 0.6 is 11.6 Å². The second kappa shape index (κ2) is 10.4. The Labute approximate surface area is 193 Å². The molecule has 0 atom stereocenters. The highest BCUT2D eigenvalue weighted by Crippen LogP contribution is 2.27. The van der Waals surface area contributed by atoms with Crippen molar-refractivity contribution in [1.82, 2.24) is 9.55 Å². The van der Waals surface area contributed by atoms with Crippen molar-refractivity contribution in [3.05, 3.63) is 83.1 Å². The predicted molar refractivity (Wildman–Crippen MR) is 128 cm³/mol. The lowest BCUT2D eigenvalue weighted by Crippen LogP contribution is -2.09. The van der Waals surface area contributed by atoms with E-state index in [0.29, 0.717) is 24.7 Å². The number of unbranched alkanes of at least 4 members (excludes halogenated alkanes) is 1. The first-order valence-electron chi connectivity index (χ1n) is 10.7. The molecule has 4 aromatic rings. The summed E-state index contributed by atoms with van der Waals surface area (Å²) in [7, 11) is 1.64. The highest BCUT2D eigenvalue weighted by Gasteiger charge is 2.12. The second-order valence-electron chi connectivity index (χ2n) is 7.57. The Hall–Kier alpha value is -3.18. The average Bonchev–Trinajstić information content (AvgIpc) is 3.17. The zero-order valence-electron chi connectivity index (χ0n) is 18.4. The first kappa shape index (κ1) is 22.0. The number of halogens is 1. The number of benzene rings is 3. The minimum Gasteiger partial charge on any atom is -0.494 e. The van der Waals surface area contributed by atoms with Gasteiger partial charge in [0.25, 0.3) is 0 Å². The first-order chi connectivity index (χ1) is 15.7. The summed E-state index contributed by atoms with van der Waals surface area (Å²) in [6.07, 6.45) is 1.90. The Morgan fingerprint density at radius 1 is 0.906 bits per heavy atom. The fourth-order valence-corrected chi connectivity index (χ4v) is 3.75. The van der Waals surface area contributed by atoms with Gasteiger partial charge in [0.2, 0.25) is 0 Å². The number of hydrogen-bond donors (Lipinski definition) is 0. The van der Waals surface area contributed by atoms with Crippen molar-refractivity contribution >= 4 is 22.6 Å². The number of para-hydroxylation sites is 4. The maximum absolute atomic E-state index is 6.08. The summed E-state index contributed by atoms with van der Waals surface area (Å²) in [5.74, 6) is 3.17. The SMILES string of the molecule is COc1ccccc1OCc1nc2ccccc2n1CCCCOc1ccc(Cl)c(C)c1. The molecule has 1 aromatic heterocycles. The fourth-order valence-electron chi connectivity index (χ4n) is 3.63. The number of fused-ring (bicyclic) bond motifs is 1. The standard InChI is InChI=1S/C26H27ClN2O3/c1-19-17-20(13-14-21(19)27)31-16-8-7-15-29-23-10-4-3-9-22(23)28-26(29)18-32-25-12-6-5-11-24(25)30-2/h3-6,9-14,17H,7-8,15-16,18H2,1-2H3. The zero-order valence-corrected chi connectivity index (χ0v) is 19.1. The van der Waals surface area contributed by atoms with Gasteiger partial charge in [0.1, 0.15) is 18.2 Å². The van der Waals surface area contributed by atoms with Crippen molar-refractivity contribution in [3.63, 3.8) is 0 Å². The van der Waals surface area contributed by atoms with Crippen molar-refractivity contribution in [2.24, 2.45) is 0 Å². The summed E-state index contributed by atoms with van der Waals surface area (Å²) in [6.45, 7) is 3.85. The van der Waals surface area contributed by atoms with Crippen LogP contribution in [0.1, 0.15) is 24.2 Å². The number of ether oxygens (including phenoxy) is 3. The Morgan fingerprint density at radius 2 is 1.69 bits per heavy atom. The minimum atomic E-state index is 0.371. The summed E-state index contributed by atoms with van der Waals surface area (Å²) >= 11 is 6.08. The Balaban J connectivity index is 1.39. The third-order valence-electron chi connectivity index (χ3n) is 5.33.